The Labute approximate surface area is 128 Å². The third kappa shape index (κ3) is 4.17. The van der Waals surface area contributed by atoms with E-state index in [1.165, 1.54) is 12.4 Å². The monoisotopic (exact) mass is 410 g/mol. The molecule has 20 heavy (non-hydrogen) atoms. The van der Waals surface area contributed by atoms with Crippen LogP contribution in [0.1, 0.15) is 0 Å². The molecule has 2 N–H and O–H groups in total. The van der Waals surface area contributed by atoms with Crippen LogP contribution in [0.15, 0.2) is 33.7 Å². The number of nitrogen functional groups attached to an aromatic ring is 1. The Hall–Kier alpha value is -1.68. The van der Waals surface area contributed by atoms with Crippen LogP contribution in [-0.4, -0.2) is 14.9 Å². The maximum atomic E-state index is 12.7. The van der Waals surface area contributed by atoms with E-state index in [1.807, 2.05) is 0 Å². The molecule has 2 heterocycles. The van der Waals surface area contributed by atoms with Gasteiger partial charge in [0, 0.05) is 12.4 Å². The Kier molecular flexibility index (Phi) is 5.89. The number of rotatable bonds is 1. The third-order valence-electron chi connectivity index (χ3n) is 1.88. The van der Waals surface area contributed by atoms with Crippen LogP contribution in [0.5, 0.6) is 0 Å². The van der Waals surface area contributed by atoms with Crippen molar-refractivity contribution in [1.29, 1.82) is 0 Å². The minimum absolute atomic E-state index is 0.00769. The smallest absolute Gasteiger partial charge is 0.324 e. The summed E-state index contributed by atoms with van der Waals surface area (Å²) in [5.74, 6) is -1.35. The molecule has 0 aromatic carbocycles. The fraction of sp³-hybridized carbons (Fsp3) is 0. The molecule has 0 unspecified atom stereocenters. The van der Waals surface area contributed by atoms with Crippen LogP contribution in [0.3, 0.4) is 0 Å². The molecule has 2 rings (SSSR count). The van der Waals surface area contributed by atoms with Crippen molar-refractivity contribution in [2.24, 2.45) is 0 Å². The molecule has 10 heteroatoms. The molecule has 0 saturated carbocycles. The number of nitrogens with zero attached hydrogens (tertiary/aromatic N) is 3. The first-order valence-electron chi connectivity index (χ1n) is 4.82. The van der Waals surface area contributed by atoms with Crippen LogP contribution in [0.2, 0.25) is 0 Å². The van der Waals surface area contributed by atoms with Gasteiger partial charge in [0.2, 0.25) is 5.82 Å². The molecule has 0 amide bonds. The average molecular weight is 412 g/mol. The van der Waals surface area contributed by atoms with E-state index in [1.54, 1.807) is 0 Å². The molecule has 2 aromatic heterocycles. The van der Waals surface area contributed by atoms with Crippen molar-refractivity contribution < 1.29 is 13.7 Å². The lowest BCUT2D eigenvalue weighted by molar-refractivity contribution is -0.387. The van der Waals surface area contributed by atoms with Gasteiger partial charge >= 0.3 is 5.69 Å². The third-order valence-corrected chi connectivity index (χ3v) is 2.99. The standard InChI is InChI=1S/C5H2BrFN2O2.C5H4BrFN2/c6-3-1-8-2-4(5(3)7)9(10)11;6-3-1-9-2-4(8)5(3)7/h1-2H;1-2H,8H2. The van der Waals surface area contributed by atoms with Crippen LogP contribution in [0, 0.1) is 21.7 Å². The van der Waals surface area contributed by atoms with Gasteiger partial charge in [0.05, 0.1) is 25.8 Å². The molecule has 0 fully saturated rings. The largest absolute Gasteiger partial charge is 0.395 e. The number of pyridine rings is 2. The van der Waals surface area contributed by atoms with Gasteiger partial charge in [-0.3, -0.25) is 20.1 Å². The summed E-state index contributed by atoms with van der Waals surface area (Å²) >= 11 is 5.70. The second-order valence-corrected chi connectivity index (χ2v) is 4.94. The van der Waals surface area contributed by atoms with Crippen LogP contribution >= 0.6 is 31.9 Å². The number of nitrogens with two attached hydrogens (primary N) is 1. The van der Waals surface area contributed by atoms with Crippen LogP contribution in [0.25, 0.3) is 0 Å². The molecule has 2 aromatic rings. The minimum Gasteiger partial charge on any atom is -0.395 e. The molecule has 0 radical (unpaired) electrons. The number of hydrogen-bond acceptors (Lipinski definition) is 5. The molecule has 0 spiro atoms. The first-order valence-corrected chi connectivity index (χ1v) is 6.41. The number of nitro groups is 1. The van der Waals surface area contributed by atoms with Crippen LogP contribution in [-0.2, 0) is 0 Å². The van der Waals surface area contributed by atoms with Crippen LogP contribution < -0.4 is 5.73 Å². The second-order valence-electron chi connectivity index (χ2n) is 3.24. The normalized spacial score (nSPS) is 9.60. The van der Waals surface area contributed by atoms with Gasteiger partial charge in [-0.25, -0.2) is 4.39 Å². The molecule has 0 aliphatic rings. The van der Waals surface area contributed by atoms with Gasteiger partial charge in [-0.1, -0.05) is 0 Å². The van der Waals surface area contributed by atoms with Crippen molar-refractivity contribution in [2.45, 2.75) is 0 Å². The highest BCUT2D eigenvalue weighted by molar-refractivity contribution is 9.10. The van der Waals surface area contributed by atoms with Crippen molar-refractivity contribution in [1.82, 2.24) is 9.97 Å². The number of halogens is 4. The summed E-state index contributed by atoms with van der Waals surface area (Å²) < 4.78 is 25.5. The molecule has 106 valence electrons. The average Bonchev–Trinajstić information content (AvgIpc) is 2.39. The van der Waals surface area contributed by atoms with E-state index in [0.29, 0.717) is 4.47 Å². The maximum Gasteiger partial charge on any atom is 0.324 e. The van der Waals surface area contributed by atoms with Crippen molar-refractivity contribution in [3.05, 3.63) is 55.5 Å². The molecular formula is C10H6Br2F2N4O2. The molecule has 0 aliphatic carbocycles. The van der Waals surface area contributed by atoms with Gasteiger partial charge in [0.15, 0.2) is 5.82 Å². The fourth-order valence-electron chi connectivity index (χ4n) is 0.971. The maximum absolute atomic E-state index is 12.7. The zero-order chi connectivity index (χ0) is 15.3. The van der Waals surface area contributed by atoms with E-state index in [2.05, 4.69) is 41.8 Å². The lowest BCUT2D eigenvalue weighted by Crippen LogP contribution is -1.93. The number of aromatic nitrogens is 2. The minimum atomic E-state index is -0.898. The van der Waals surface area contributed by atoms with Crippen LogP contribution in [0.4, 0.5) is 20.2 Å². The Morgan fingerprint density at radius 3 is 1.95 bits per heavy atom. The number of hydrogen-bond donors (Lipinski definition) is 1. The summed E-state index contributed by atoms with van der Waals surface area (Å²) in [5, 5.41) is 10.1. The van der Waals surface area contributed by atoms with Crippen molar-refractivity contribution in [2.75, 3.05) is 5.73 Å². The quantitative estimate of drug-likeness (QED) is 0.572. The Bertz CT molecular complexity index is 622. The fourth-order valence-corrected chi connectivity index (χ4v) is 1.64. The van der Waals surface area contributed by atoms with E-state index < -0.39 is 22.2 Å². The first-order chi connectivity index (χ1) is 9.34. The van der Waals surface area contributed by atoms with E-state index >= 15 is 0 Å². The molecule has 0 saturated heterocycles. The molecule has 0 bridgehead atoms. The molecule has 0 aliphatic heterocycles. The first kappa shape index (κ1) is 16.4. The number of anilines is 1. The summed E-state index contributed by atoms with van der Waals surface area (Å²) in [6.07, 6.45) is 4.63. The van der Waals surface area contributed by atoms with Gasteiger partial charge in [-0.2, -0.15) is 4.39 Å². The van der Waals surface area contributed by atoms with Gasteiger partial charge in [-0.05, 0) is 31.9 Å². The van der Waals surface area contributed by atoms with Gasteiger partial charge in [-0.15, -0.1) is 0 Å². The summed E-state index contributed by atoms with van der Waals surface area (Å²) in [4.78, 5) is 16.3. The van der Waals surface area contributed by atoms with Gasteiger partial charge < -0.3 is 5.73 Å². The van der Waals surface area contributed by atoms with E-state index in [9.17, 15) is 18.9 Å². The summed E-state index contributed by atoms with van der Waals surface area (Å²) in [7, 11) is 0. The highest BCUT2D eigenvalue weighted by Gasteiger charge is 2.16. The van der Waals surface area contributed by atoms with E-state index in [4.69, 9.17) is 5.73 Å². The highest BCUT2D eigenvalue weighted by Crippen LogP contribution is 2.22. The van der Waals surface area contributed by atoms with E-state index in [-0.39, 0.29) is 10.2 Å². The summed E-state index contributed by atoms with van der Waals surface area (Å²) in [6.45, 7) is 0. The molecule has 6 nitrogen and oxygen atoms in total. The van der Waals surface area contributed by atoms with E-state index in [0.717, 1.165) is 12.4 Å². The Balaban J connectivity index is 0.000000204. The lowest BCUT2D eigenvalue weighted by Gasteiger charge is -1.94. The van der Waals surface area contributed by atoms with Crippen molar-refractivity contribution in [3.8, 4) is 0 Å². The second kappa shape index (κ2) is 7.20. The van der Waals surface area contributed by atoms with Gasteiger partial charge in [0.1, 0.15) is 6.20 Å². The van der Waals surface area contributed by atoms with Crippen molar-refractivity contribution >= 4 is 43.2 Å². The molecule has 0 atom stereocenters. The highest BCUT2D eigenvalue weighted by atomic mass is 79.9. The lowest BCUT2D eigenvalue weighted by atomic mass is 10.4. The van der Waals surface area contributed by atoms with Gasteiger partial charge in [0.25, 0.3) is 0 Å². The summed E-state index contributed by atoms with van der Waals surface area (Å²) in [6, 6.07) is 0. The molecular weight excluding hydrogens is 406 g/mol. The SMILES string of the molecule is Nc1cncc(Br)c1F.O=[N+]([O-])c1cncc(Br)c1F. The Morgan fingerprint density at radius 1 is 1.05 bits per heavy atom. The summed E-state index contributed by atoms with van der Waals surface area (Å²) in [5.41, 5.74) is 4.59. The zero-order valence-electron chi connectivity index (χ0n) is 9.56. The predicted octanol–water partition coefficient (Wildman–Crippen LogP) is 3.46. The zero-order valence-corrected chi connectivity index (χ0v) is 12.7. The predicted molar refractivity (Wildman–Crippen MR) is 74.9 cm³/mol. The van der Waals surface area contributed by atoms with Crippen molar-refractivity contribution in [3.63, 3.8) is 0 Å². The Morgan fingerprint density at radius 2 is 1.55 bits per heavy atom. The topological polar surface area (TPSA) is 94.9 Å².